The summed E-state index contributed by atoms with van der Waals surface area (Å²) < 4.78 is 73.3. The number of alkyl halides is 5. The van der Waals surface area contributed by atoms with Crippen LogP contribution in [0, 0.1) is 5.82 Å². The molecule has 1 aromatic rings. The minimum atomic E-state index is -5.33. The van der Waals surface area contributed by atoms with Gasteiger partial charge in [0.15, 0.2) is 11.6 Å². The van der Waals surface area contributed by atoms with Crippen LogP contribution in [0.3, 0.4) is 0 Å². The van der Waals surface area contributed by atoms with E-state index in [4.69, 9.17) is 5.11 Å². The monoisotopic (exact) mass is 231 g/mol. The van der Waals surface area contributed by atoms with Crippen molar-refractivity contribution in [2.45, 2.75) is 12.6 Å². The van der Waals surface area contributed by atoms with E-state index in [1.54, 1.807) is 0 Å². The van der Waals surface area contributed by atoms with E-state index < -0.39 is 35.4 Å². The van der Waals surface area contributed by atoms with Gasteiger partial charge in [-0.2, -0.15) is 13.2 Å². The van der Waals surface area contributed by atoms with E-state index in [1.807, 2.05) is 0 Å². The molecule has 0 aromatic carbocycles. The Morgan fingerprint density at radius 1 is 1.27 bits per heavy atom. The molecular formula is C7H3F6NO. The molecule has 1 aromatic heterocycles. The summed E-state index contributed by atoms with van der Waals surface area (Å²) in [6.45, 7) is 0. The molecule has 0 radical (unpaired) electrons. The zero-order chi connectivity index (χ0) is 11.8. The number of pyridine rings is 1. The fraction of sp³-hybridized carbons (Fsp3) is 0.286. The molecular weight excluding hydrogens is 228 g/mol. The number of hydrogen-bond acceptors (Lipinski definition) is 2. The van der Waals surface area contributed by atoms with Crippen molar-refractivity contribution in [3.63, 3.8) is 0 Å². The lowest BCUT2D eigenvalue weighted by Gasteiger charge is -2.12. The normalized spacial score (nSPS) is 12.2. The van der Waals surface area contributed by atoms with E-state index in [9.17, 15) is 26.3 Å². The molecule has 8 heteroatoms. The summed E-state index contributed by atoms with van der Waals surface area (Å²) in [7, 11) is 0. The maximum Gasteiger partial charge on any atom is 0.421 e. The summed E-state index contributed by atoms with van der Waals surface area (Å²) in [5.74, 6) is -3.57. The first-order valence-electron chi connectivity index (χ1n) is 3.48. The SMILES string of the molecule is Oc1cnc(C(F)F)c(C(F)(F)F)c1F. The second-order valence-corrected chi connectivity index (χ2v) is 2.52. The second-order valence-electron chi connectivity index (χ2n) is 2.52. The van der Waals surface area contributed by atoms with Crippen LogP contribution in [0.1, 0.15) is 17.7 Å². The molecule has 0 fully saturated rings. The van der Waals surface area contributed by atoms with Gasteiger partial charge in [0.05, 0.1) is 6.20 Å². The van der Waals surface area contributed by atoms with E-state index in [-0.39, 0.29) is 6.20 Å². The standard InChI is InChI=1S/C7H3F6NO/c8-4-2(15)1-14-5(6(9)10)3(4)7(11,12)13/h1,6,15H. The van der Waals surface area contributed by atoms with Crippen molar-refractivity contribution in [1.82, 2.24) is 4.98 Å². The van der Waals surface area contributed by atoms with Crippen molar-refractivity contribution in [1.29, 1.82) is 0 Å². The second kappa shape index (κ2) is 3.59. The Bertz CT molecular complexity index is 374. The highest BCUT2D eigenvalue weighted by Crippen LogP contribution is 2.39. The first kappa shape index (κ1) is 11.6. The van der Waals surface area contributed by atoms with E-state index in [0.29, 0.717) is 0 Å². The first-order valence-corrected chi connectivity index (χ1v) is 3.48. The zero-order valence-electron chi connectivity index (χ0n) is 6.82. The summed E-state index contributed by atoms with van der Waals surface area (Å²) >= 11 is 0. The first-order chi connectivity index (χ1) is 6.75. The van der Waals surface area contributed by atoms with Gasteiger partial charge in [-0.3, -0.25) is 4.98 Å². The molecule has 0 aliphatic rings. The lowest BCUT2D eigenvalue weighted by atomic mass is 10.1. The topological polar surface area (TPSA) is 33.1 Å². The Morgan fingerprint density at radius 3 is 2.20 bits per heavy atom. The van der Waals surface area contributed by atoms with Crippen molar-refractivity contribution in [3.05, 3.63) is 23.3 Å². The highest BCUT2D eigenvalue weighted by Gasteiger charge is 2.41. The molecule has 84 valence electrons. The smallest absolute Gasteiger partial charge is 0.421 e. The molecule has 0 aliphatic heterocycles. The van der Waals surface area contributed by atoms with Crippen LogP contribution in [-0.4, -0.2) is 10.1 Å². The molecule has 0 unspecified atom stereocenters. The van der Waals surface area contributed by atoms with Crippen molar-refractivity contribution < 1.29 is 31.4 Å². The molecule has 1 N–H and O–H groups in total. The third-order valence-electron chi connectivity index (χ3n) is 1.52. The van der Waals surface area contributed by atoms with E-state index in [2.05, 4.69) is 4.98 Å². The number of rotatable bonds is 1. The number of halogens is 6. The van der Waals surface area contributed by atoms with Crippen molar-refractivity contribution >= 4 is 0 Å². The summed E-state index contributed by atoms with van der Waals surface area (Å²) in [5.41, 5.74) is -3.98. The third kappa shape index (κ3) is 2.13. The number of aromatic nitrogens is 1. The van der Waals surface area contributed by atoms with Gasteiger partial charge < -0.3 is 5.11 Å². The largest absolute Gasteiger partial charge is 0.504 e. The van der Waals surface area contributed by atoms with Crippen molar-refractivity contribution in [3.8, 4) is 5.75 Å². The van der Waals surface area contributed by atoms with Crippen molar-refractivity contribution in [2.75, 3.05) is 0 Å². The van der Waals surface area contributed by atoms with Gasteiger partial charge >= 0.3 is 6.18 Å². The predicted octanol–water partition coefficient (Wildman–Crippen LogP) is 2.88. The molecule has 15 heavy (non-hydrogen) atoms. The van der Waals surface area contributed by atoms with Gasteiger partial charge in [-0.05, 0) is 0 Å². The van der Waals surface area contributed by atoms with Gasteiger partial charge in [0, 0.05) is 0 Å². The fourth-order valence-corrected chi connectivity index (χ4v) is 0.928. The summed E-state index contributed by atoms with van der Waals surface area (Å²) in [5, 5.41) is 8.59. The summed E-state index contributed by atoms with van der Waals surface area (Å²) in [6, 6.07) is 0. The average molecular weight is 231 g/mol. The van der Waals surface area contributed by atoms with E-state index >= 15 is 0 Å². The van der Waals surface area contributed by atoms with Gasteiger partial charge in [-0.15, -0.1) is 0 Å². The molecule has 0 aliphatic carbocycles. The Hall–Kier alpha value is -1.47. The van der Waals surface area contributed by atoms with Crippen LogP contribution in [0.5, 0.6) is 5.75 Å². The van der Waals surface area contributed by atoms with Gasteiger partial charge in [0.25, 0.3) is 6.43 Å². The van der Waals surface area contributed by atoms with Crippen LogP contribution in [0.2, 0.25) is 0 Å². The van der Waals surface area contributed by atoms with Gasteiger partial charge in [0.1, 0.15) is 11.3 Å². The molecule has 1 heterocycles. The molecule has 0 spiro atoms. The maximum absolute atomic E-state index is 12.8. The zero-order valence-corrected chi connectivity index (χ0v) is 6.82. The maximum atomic E-state index is 12.8. The predicted molar refractivity (Wildman–Crippen MR) is 35.8 cm³/mol. The van der Waals surface area contributed by atoms with Crippen molar-refractivity contribution in [2.24, 2.45) is 0 Å². The minimum Gasteiger partial charge on any atom is -0.504 e. The fourth-order valence-electron chi connectivity index (χ4n) is 0.928. The Kier molecular flexibility index (Phi) is 2.78. The molecule has 0 bridgehead atoms. The molecule has 0 atom stereocenters. The highest BCUT2D eigenvalue weighted by molar-refractivity contribution is 5.33. The molecule has 1 rings (SSSR count). The summed E-state index contributed by atoms with van der Waals surface area (Å²) in [4.78, 5) is 2.65. The molecule has 0 saturated heterocycles. The van der Waals surface area contributed by atoms with Gasteiger partial charge in [0.2, 0.25) is 0 Å². The Labute approximate surface area is 79.2 Å². The van der Waals surface area contributed by atoms with E-state index in [1.165, 1.54) is 0 Å². The van der Waals surface area contributed by atoms with Crippen LogP contribution in [-0.2, 0) is 6.18 Å². The van der Waals surface area contributed by atoms with Crippen LogP contribution in [0.25, 0.3) is 0 Å². The number of nitrogens with zero attached hydrogens (tertiary/aromatic N) is 1. The quantitative estimate of drug-likeness (QED) is 0.754. The Morgan fingerprint density at radius 2 is 1.80 bits per heavy atom. The molecule has 2 nitrogen and oxygen atoms in total. The van der Waals surface area contributed by atoms with Crippen LogP contribution in [0.4, 0.5) is 26.3 Å². The lowest BCUT2D eigenvalue weighted by Crippen LogP contribution is -2.14. The van der Waals surface area contributed by atoms with E-state index in [0.717, 1.165) is 0 Å². The Balaban J connectivity index is 3.49. The summed E-state index contributed by atoms with van der Waals surface area (Å²) in [6.07, 6.45) is -8.70. The number of hydrogen-bond donors (Lipinski definition) is 1. The average Bonchev–Trinajstić information content (AvgIpc) is 2.06. The highest BCUT2D eigenvalue weighted by atomic mass is 19.4. The lowest BCUT2D eigenvalue weighted by molar-refractivity contribution is -0.142. The molecule has 0 amide bonds. The van der Waals surface area contributed by atoms with Gasteiger partial charge in [-0.1, -0.05) is 0 Å². The number of aromatic hydroxyl groups is 1. The van der Waals surface area contributed by atoms with Gasteiger partial charge in [-0.25, -0.2) is 13.2 Å². The minimum absolute atomic E-state index is 0.200. The van der Waals surface area contributed by atoms with Crippen LogP contribution in [0.15, 0.2) is 6.20 Å². The van der Waals surface area contributed by atoms with Crippen LogP contribution >= 0.6 is 0 Å². The van der Waals surface area contributed by atoms with Crippen LogP contribution < -0.4 is 0 Å². The third-order valence-corrected chi connectivity index (χ3v) is 1.52. The molecule has 0 saturated carbocycles.